The van der Waals surface area contributed by atoms with Gasteiger partial charge in [-0.15, -0.1) is 0 Å². The van der Waals surface area contributed by atoms with E-state index in [-0.39, 0.29) is 23.7 Å². The standard InChI is InChI=1S/C35H28FN3O2/c36-28-20-18-24(19-21-28)23-39-33(30-16-7-8-17-31(30)35(39)41)37-29-15-9-14-27(22-29)34(40)38-32(25-10-3-1-4-11-25)26-12-5-2-6-13-26/h1-22,32-33,37H,23H2,(H,38,40). The molecule has 5 aromatic rings. The zero-order chi connectivity index (χ0) is 28.2. The maximum absolute atomic E-state index is 13.5. The third-order valence-corrected chi connectivity index (χ3v) is 7.29. The average Bonchev–Trinajstić information content (AvgIpc) is 3.28. The Hall–Kier alpha value is -5.23. The fourth-order valence-corrected chi connectivity index (χ4v) is 5.25. The normalized spacial score (nSPS) is 14.1. The summed E-state index contributed by atoms with van der Waals surface area (Å²) in [7, 11) is 0. The Morgan fingerprint density at radius 1 is 0.756 bits per heavy atom. The van der Waals surface area contributed by atoms with Crippen molar-refractivity contribution in [2.75, 3.05) is 5.32 Å². The van der Waals surface area contributed by atoms with E-state index in [4.69, 9.17) is 0 Å². The molecule has 1 aliphatic rings. The third kappa shape index (κ3) is 5.58. The number of nitrogens with one attached hydrogen (secondary N) is 2. The number of amides is 2. The molecule has 0 saturated carbocycles. The van der Waals surface area contributed by atoms with Crippen molar-refractivity contribution in [1.29, 1.82) is 0 Å². The van der Waals surface area contributed by atoms with Gasteiger partial charge in [-0.1, -0.05) is 97.1 Å². The molecule has 0 spiro atoms. The minimum absolute atomic E-state index is 0.107. The summed E-state index contributed by atoms with van der Waals surface area (Å²) in [6.45, 7) is 0.307. The molecule has 41 heavy (non-hydrogen) atoms. The molecule has 5 aromatic carbocycles. The lowest BCUT2D eigenvalue weighted by Crippen LogP contribution is -2.32. The van der Waals surface area contributed by atoms with Gasteiger partial charge in [-0.05, 0) is 53.1 Å². The SMILES string of the molecule is O=C(NC(c1ccccc1)c1ccccc1)c1cccc(NC2c3ccccc3C(=O)N2Cc2ccc(F)cc2)c1. The molecule has 0 radical (unpaired) electrons. The van der Waals surface area contributed by atoms with E-state index in [1.165, 1.54) is 12.1 Å². The van der Waals surface area contributed by atoms with Gasteiger partial charge in [-0.25, -0.2) is 4.39 Å². The monoisotopic (exact) mass is 541 g/mol. The number of hydrogen-bond acceptors (Lipinski definition) is 3. The molecule has 1 atom stereocenters. The zero-order valence-electron chi connectivity index (χ0n) is 22.2. The fourth-order valence-electron chi connectivity index (χ4n) is 5.25. The van der Waals surface area contributed by atoms with Crippen molar-refractivity contribution in [2.24, 2.45) is 0 Å². The van der Waals surface area contributed by atoms with Gasteiger partial charge in [0.2, 0.25) is 0 Å². The maximum Gasteiger partial charge on any atom is 0.256 e. The number of hydrogen-bond donors (Lipinski definition) is 2. The maximum atomic E-state index is 13.5. The van der Waals surface area contributed by atoms with Crippen LogP contribution in [0.4, 0.5) is 10.1 Å². The van der Waals surface area contributed by atoms with E-state index in [0.717, 1.165) is 22.3 Å². The predicted molar refractivity (Wildman–Crippen MR) is 158 cm³/mol. The van der Waals surface area contributed by atoms with Crippen molar-refractivity contribution >= 4 is 17.5 Å². The number of rotatable bonds is 8. The minimum atomic E-state index is -0.455. The Morgan fingerprint density at radius 3 is 2.07 bits per heavy atom. The number of carbonyl (C=O) groups excluding carboxylic acids is 2. The first kappa shape index (κ1) is 26.0. The summed E-state index contributed by atoms with van der Waals surface area (Å²) in [5.41, 5.74) is 5.46. The van der Waals surface area contributed by atoms with E-state index in [1.54, 1.807) is 29.2 Å². The molecule has 2 amide bonds. The number of benzene rings is 5. The van der Waals surface area contributed by atoms with Gasteiger partial charge in [0.15, 0.2) is 0 Å². The van der Waals surface area contributed by atoms with Gasteiger partial charge < -0.3 is 15.5 Å². The zero-order valence-corrected chi connectivity index (χ0v) is 22.2. The van der Waals surface area contributed by atoms with Crippen LogP contribution in [0, 0.1) is 5.82 Å². The number of anilines is 1. The number of carbonyl (C=O) groups is 2. The molecule has 5 nitrogen and oxygen atoms in total. The van der Waals surface area contributed by atoms with Crippen LogP contribution in [0.15, 0.2) is 133 Å². The van der Waals surface area contributed by atoms with Gasteiger partial charge >= 0.3 is 0 Å². The second-order valence-electron chi connectivity index (χ2n) is 10.0. The van der Waals surface area contributed by atoms with Crippen LogP contribution in [-0.4, -0.2) is 16.7 Å². The van der Waals surface area contributed by atoms with Gasteiger partial charge in [-0.3, -0.25) is 9.59 Å². The van der Waals surface area contributed by atoms with E-state index in [1.807, 2.05) is 97.1 Å². The van der Waals surface area contributed by atoms with Crippen LogP contribution in [-0.2, 0) is 6.54 Å². The molecule has 2 N–H and O–H groups in total. The van der Waals surface area contributed by atoms with Crippen LogP contribution in [0.1, 0.15) is 55.2 Å². The van der Waals surface area contributed by atoms with Gasteiger partial charge in [0.1, 0.15) is 12.0 Å². The Bertz CT molecular complexity index is 1630. The van der Waals surface area contributed by atoms with Gasteiger partial charge in [0, 0.05) is 28.9 Å². The van der Waals surface area contributed by atoms with Crippen LogP contribution in [0.2, 0.25) is 0 Å². The highest BCUT2D eigenvalue weighted by molar-refractivity contribution is 5.99. The van der Waals surface area contributed by atoms with E-state index < -0.39 is 6.17 Å². The number of fused-ring (bicyclic) bond motifs is 1. The Morgan fingerprint density at radius 2 is 1.39 bits per heavy atom. The molecule has 6 heteroatoms. The van der Waals surface area contributed by atoms with Crippen molar-refractivity contribution in [3.63, 3.8) is 0 Å². The van der Waals surface area contributed by atoms with Crippen molar-refractivity contribution in [3.8, 4) is 0 Å². The second-order valence-corrected chi connectivity index (χ2v) is 10.0. The first-order valence-electron chi connectivity index (χ1n) is 13.5. The highest BCUT2D eigenvalue weighted by atomic mass is 19.1. The Labute approximate surface area is 238 Å². The molecular formula is C35H28FN3O2. The first-order chi connectivity index (χ1) is 20.1. The molecule has 0 bridgehead atoms. The summed E-state index contributed by atoms with van der Waals surface area (Å²) >= 11 is 0. The molecule has 0 saturated heterocycles. The van der Waals surface area contributed by atoms with Gasteiger partial charge in [-0.2, -0.15) is 0 Å². The smallest absolute Gasteiger partial charge is 0.256 e. The average molecular weight is 542 g/mol. The summed E-state index contributed by atoms with van der Waals surface area (Å²) in [6.07, 6.45) is -0.455. The topological polar surface area (TPSA) is 61.4 Å². The van der Waals surface area contributed by atoms with Crippen LogP contribution < -0.4 is 10.6 Å². The number of halogens is 1. The largest absolute Gasteiger partial charge is 0.361 e. The van der Waals surface area contributed by atoms with E-state index >= 15 is 0 Å². The van der Waals surface area contributed by atoms with Gasteiger partial charge in [0.05, 0.1) is 6.04 Å². The lowest BCUT2D eigenvalue weighted by Gasteiger charge is -2.27. The molecule has 6 rings (SSSR count). The van der Waals surface area contributed by atoms with E-state index in [9.17, 15) is 14.0 Å². The van der Waals surface area contributed by atoms with Gasteiger partial charge in [0.25, 0.3) is 11.8 Å². The third-order valence-electron chi connectivity index (χ3n) is 7.29. The van der Waals surface area contributed by atoms with Crippen LogP contribution in [0.25, 0.3) is 0 Å². The highest BCUT2D eigenvalue weighted by Gasteiger charge is 2.36. The van der Waals surface area contributed by atoms with E-state index in [0.29, 0.717) is 23.4 Å². The lowest BCUT2D eigenvalue weighted by molar-refractivity contribution is 0.0728. The fraction of sp³-hybridized carbons (Fsp3) is 0.0857. The summed E-state index contributed by atoms with van der Waals surface area (Å²) in [4.78, 5) is 28.7. The highest BCUT2D eigenvalue weighted by Crippen LogP contribution is 2.36. The predicted octanol–water partition coefficient (Wildman–Crippen LogP) is 7.11. The Balaban J connectivity index is 1.26. The number of nitrogens with zero attached hydrogens (tertiary/aromatic N) is 1. The van der Waals surface area contributed by atoms with Crippen molar-refractivity contribution < 1.29 is 14.0 Å². The van der Waals surface area contributed by atoms with Crippen LogP contribution >= 0.6 is 0 Å². The molecule has 1 unspecified atom stereocenters. The first-order valence-corrected chi connectivity index (χ1v) is 13.5. The summed E-state index contributed by atoms with van der Waals surface area (Å²) < 4.78 is 13.5. The Kier molecular flexibility index (Phi) is 7.28. The van der Waals surface area contributed by atoms with Crippen molar-refractivity contribution in [2.45, 2.75) is 18.8 Å². The summed E-state index contributed by atoms with van der Waals surface area (Å²) in [5.74, 6) is -0.640. The minimum Gasteiger partial charge on any atom is -0.361 e. The summed E-state index contributed by atoms with van der Waals surface area (Å²) in [6, 6.07) is 40.3. The molecular weight excluding hydrogens is 513 g/mol. The van der Waals surface area contributed by atoms with E-state index in [2.05, 4.69) is 10.6 Å². The van der Waals surface area contributed by atoms with Crippen LogP contribution in [0.3, 0.4) is 0 Å². The molecule has 0 aliphatic carbocycles. The van der Waals surface area contributed by atoms with Crippen LogP contribution in [0.5, 0.6) is 0 Å². The van der Waals surface area contributed by atoms with Crippen molar-refractivity contribution in [3.05, 3.63) is 173 Å². The van der Waals surface area contributed by atoms with Crippen molar-refractivity contribution in [1.82, 2.24) is 10.2 Å². The summed E-state index contributed by atoms with van der Waals surface area (Å²) in [5, 5.41) is 6.67. The molecule has 202 valence electrons. The lowest BCUT2D eigenvalue weighted by atomic mass is 9.98. The molecule has 0 fully saturated rings. The molecule has 1 aliphatic heterocycles. The molecule has 1 heterocycles. The second kappa shape index (κ2) is 11.5. The molecule has 0 aromatic heterocycles. The quantitative estimate of drug-likeness (QED) is 0.220.